The van der Waals surface area contributed by atoms with Crippen molar-refractivity contribution in [3.05, 3.63) is 41.7 Å². The predicted octanol–water partition coefficient (Wildman–Crippen LogP) is 2.50. The van der Waals surface area contributed by atoms with Gasteiger partial charge in [0.25, 0.3) is 11.8 Å². The fraction of sp³-hybridized carbons (Fsp3) is 0.500. The minimum absolute atomic E-state index is 0.106. The molecule has 0 unspecified atom stereocenters. The number of nitrogens with one attached hydrogen (secondary N) is 1. The Morgan fingerprint density at radius 1 is 1.44 bits per heavy atom. The number of carbonyl (C=O) groups excluding carboxylic acids is 2. The molecule has 0 radical (unpaired) electrons. The molecule has 1 aliphatic rings. The number of aromatic nitrogens is 1. The number of piperidine rings is 1. The van der Waals surface area contributed by atoms with Crippen LogP contribution >= 0.6 is 0 Å². The number of furan rings is 1. The van der Waals surface area contributed by atoms with Gasteiger partial charge in [-0.1, -0.05) is 19.0 Å². The Morgan fingerprint density at radius 2 is 2.28 bits per heavy atom. The van der Waals surface area contributed by atoms with Crippen molar-refractivity contribution in [1.29, 1.82) is 0 Å². The van der Waals surface area contributed by atoms with Gasteiger partial charge in [-0.3, -0.25) is 9.59 Å². The van der Waals surface area contributed by atoms with Crippen molar-refractivity contribution in [1.82, 2.24) is 15.4 Å². The van der Waals surface area contributed by atoms with E-state index in [1.165, 1.54) is 6.26 Å². The molecule has 3 rings (SSSR count). The summed E-state index contributed by atoms with van der Waals surface area (Å²) in [4.78, 5) is 26.4. The Morgan fingerprint density at radius 3 is 3.00 bits per heavy atom. The van der Waals surface area contributed by atoms with Gasteiger partial charge in [-0.25, -0.2) is 0 Å². The molecule has 1 N–H and O–H groups in total. The third-order valence-electron chi connectivity index (χ3n) is 4.18. The monoisotopic (exact) mass is 345 g/mol. The van der Waals surface area contributed by atoms with Crippen LogP contribution in [-0.2, 0) is 6.42 Å². The predicted molar refractivity (Wildman–Crippen MR) is 90.1 cm³/mol. The minimum Gasteiger partial charge on any atom is -0.459 e. The zero-order valence-corrected chi connectivity index (χ0v) is 14.5. The zero-order chi connectivity index (χ0) is 17.8. The van der Waals surface area contributed by atoms with Crippen LogP contribution in [0, 0.1) is 5.92 Å². The molecule has 1 fully saturated rings. The molecule has 25 heavy (non-hydrogen) atoms. The Bertz CT molecular complexity index is 721. The number of hydrogen-bond acceptors (Lipinski definition) is 5. The molecule has 3 heterocycles. The molecule has 1 saturated heterocycles. The fourth-order valence-corrected chi connectivity index (χ4v) is 3.01. The molecule has 7 heteroatoms. The van der Waals surface area contributed by atoms with E-state index in [0.29, 0.717) is 30.5 Å². The van der Waals surface area contributed by atoms with Gasteiger partial charge >= 0.3 is 0 Å². The van der Waals surface area contributed by atoms with Crippen molar-refractivity contribution >= 4 is 11.8 Å². The van der Waals surface area contributed by atoms with Gasteiger partial charge in [-0.15, -0.1) is 0 Å². The quantitative estimate of drug-likeness (QED) is 0.899. The van der Waals surface area contributed by atoms with E-state index in [1.54, 1.807) is 23.1 Å². The number of likely N-dealkylation sites (tertiary alicyclic amines) is 1. The number of hydrogen-bond donors (Lipinski definition) is 1. The van der Waals surface area contributed by atoms with Crippen molar-refractivity contribution in [2.24, 2.45) is 5.92 Å². The third-order valence-corrected chi connectivity index (χ3v) is 4.18. The normalized spacial score (nSPS) is 17.7. The summed E-state index contributed by atoms with van der Waals surface area (Å²) in [5, 5.41) is 6.79. The van der Waals surface area contributed by atoms with Crippen LogP contribution < -0.4 is 5.32 Å². The van der Waals surface area contributed by atoms with Crippen LogP contribution in [0.5, 0.6) is 0 Å². The number of nitrogens with zero attached hydrogens (tertiary/aromatic N) is 2. The first-order valence-electron chi connectivity index (χ1n) is 8.62. The largest absolute Gasteiger partial charge is 0.459 e. The molecule has 1 aliphatic heterocycles. The Labute approximate surface area is 146 Å². The van der Waals surface area contributed by atoms with Gasteiger partial charge in [0.1, 0.15) is 5.76 Å². The first-order valence-corrected chi connectivity index (χ1v) is 8.62. The maximum absolute atomic E-state index is 12.4. The van der Waals surface area contributed by atoms with Gasteiger partial charge in [0.2, 0.25) is 0 Å². The van der Waals surface area contributed by atoms with E-state index in [4.69, 9.17) is 8.94 Å². The average Bonchev–Trinajstić information content (AvgIpc) is 3.25. The maximum atomic E-state index is 12.4. The smallest absolute Gasteiger partial charge is 0.289 e. The van der Waals surface area contributed by atoms with Crippen LogP contribution in [0.3, 0.4) is 0 Å². The topological polar surface area (TPSA) is 88.6 Å². The third kappa shape index (κ3) is 4.29. The first kappa shape index (κ1) is 17.3. The fourth-order valence-electron chi connectivity index (χ4n) is 3.01. The van der Waals surface area contributed by atoms with Crippen molar-refractivity contribution in [2.45, 2.75) is 39.2 Å². The summed E-state index contributed by atoms with van der Waals surface area (Å²) in [6.45, 7) is 5.28. The molecular weight excluding hydrogens is 322 g/mol. The van der Waals surface area contributed by atoms with Crippen LogP contribution in [0.1, 0.15) is 53.5 Å². The SMILES string of the molecule is CC(C)Cc1cc(C(=O)N[C@@H]2CCCN(C(=O)c3ccco3)C2)no1. The summed E-state index contributed by atoms with van der Waals surface area (Å²) in [6, 6.07) is 4.92. The van der Waals surface area contributed by atoms with Gasteiger partial charge in [-0.2, -0.15) is 0 Å². The second-order valence-electron chi connectivity index (χ2n) is 6.82. The molecule has 2 amide bonds. The standard InChI is InChI=1S/C18H23N3O4/c1-12(2)9-14-10-15(20-25-14)17(22)19-13-5-3-7-21(11-13)18(23)16-6-4-8-24-16/h4,6,8,10,12-13H,3,5,7,9,11H2,1-2H3,(H,19,22)/t13-/m1/s1. The highest BCUT2D eigenvalue weighted by Crippen LogP contribution is 2.15. The van der Waals surface area contributed by atoms with E-state index in [0.717, 1.165) is 19.3 Å². The van der Waals surface area contributed by atoms with Crippen molar-refractivity contribution in [2.75, 3.05) is 13.1 Å². The zero-order valence-electron chi connectivity index (χ0n) is 14.5. The molecule has 134 valence electrons. The van der Waals surface area contributed by atoms with Crippen LogP contribution in [-0.4, -0.2) is 41.0 Å². The van der Waals surface area contributed by atoms with Crippen LogP contribution in [0.2, 0.25) is 0 Å². The van der Waals surface area contributed by atoms with E-state index in [1.807, 2.05) is 0 Å². The lowest BCUT2D eigenvalue weighted by atomic mass is 10.0. The lowest BCUT2D eigenvalue weighted by molar-refractivity contribution is 0.0646. The van der Waals surface area contributed by atoms with Crippen LogP contribution in [0.15, 0.2) is 33.4 Å². The minimum atomic E-state index is -0.268. The molecule has 2 aromatic heterocycles. The molecule has 0 saturated carbocycles. The molecule has 1 atom stereocenters. The van der Waals surface area contributed by atoms with Gasteiger partial charge < -0.3 is 19.2 Å². The molecule has 0 aromatic carbocycles. The summed E-state index contributed by atoms with van der Waals surface area (Å²) in [5.41, 5.74) is 0.283. The lowest BCUT2D eigenvalue weighted by Gasteiger charge is -2.32. The summed E-state index contributed by atoms with van der Waals surface area (Å²) in [7, 11) is 0. The Hall–Kier alpha value is -2.57. The van der Waals surface area contributed by atoms with Crippen molar-refractivity contribution in [3.63, 3.8) is 0 Å². The summed E-state index contributed by atoms with van der Waals surface area (Å²) < 4.78 is 10.4. The molecule has 7 nitrogen and oxygen atoms in total. The summed E-state index contributed by atoms with van der Waals surface area (Å²) in [6.07, 6.45) is 3.88. The Balaban J connectivity index is 1.57. The second-order valence-corrected chi connectivity index (χ2v) is 6.82. The van der Waals surface area contributed by atoms with Gasteiger partial charge in [-0.05, 0) is 30.9 Å². The summed E-state index contributed by atoms with van der Waals surface area (Å²) >= 11 is 0. The van der Waals surface area contributed by atoms with E-state index < -0.39 is 0 Å². The number of amides is 2. The molecular formula is C18H23N3O4. The molecule has 0 aliphatic carbocycles. The van der Waals surface area contributed by atoms with Gasteiger partial charge in [0.05, 0.1) is 6.26 Å². The molecule has 2 aromatic rings. The van der Waals surface area contributed by atoms with E-state index in [-0.39, 0.29) is 23.6 Å². The molecule has 0 bridgehead atoms. The van der Waals surface area contributed by atoms with Crippen molar-refractivity contribution in [3.8, 4) is 0 Å². The van der Waals surface area contributed by atoms with Gasteiger partial charge in [0.15, 0.2) is 11.5 Å². The van der Waals surface area contributed by atoms with Gasteiger partial charge in [0, 0.05) is 31.6 Å². The lowest BCUT2D eigenvalue weighted by Crippen LogP contribution is -2.49. The van der Waals surface area contributed by atoms with Crippen LogP contribution in [0.25, 0.3) is 0 Å². The van der Waals surface area contributed by atoms with E-state index >= 15 is 0 Å². The highest BCUT2D eigenvalue weighted by Gasteiger charge is 2.27. The maximum Gasteiger partial charge on any atom is 0.289 e. The Kier molecular flexibility index (Phi) is 5.21. The average molecular weight is 345 g/mol. The molecule has 0 spiro atoms. The highest BCUT2D eigenvalue weighted by atomic mass is 16.5. The van der Waals surface area contributed by atoms with E-state index in [2.05, 4.69) is 24.3 Å². The number of carbonyl (C=O) groups is 2. The van der Waals surface area contributed by atoms with Crippen molar-refractivity contribution < 1.29 is 18.5 Å². The summed E-state index contributed by atoms with van der Waals surface area (Å²) in [5.74, 6) is 1.05. The second kappa shape index (κ2) is 7.55. The highest BCUT2D eigenvalue weighted by molar-refractivity contribution is 5.93. The first-order chi connectivity index (χ1) is 12.0. The number of rotatable bonds is 5. The van der Waals surface area contributed by atoms with Crippen LogP contribution in [0.4, 0.5) is 0 Å². The van der Waals surface area contributed by atoms with E-state index in [9.17, 15) is 9.59 Å².